The highest BCUT2D eigenvalue weighted by atomic mass is 15.2. The zero-order valence-corrected chi connectivity index (χ0v) is 10.4. The van der Waals surface area contributed by atoms with Crippen molar-refractivity contribution in [1.82, 2.24) is 20.2 Å². The van der Waals surface area contributed by atoms with E-state index in [2.05, 4.69) is 26.8 Å². The monoisotopic (exact) mass is 243 g/mol. The van der Waals surface area contributed by atoms with E-state index >= 15 is 0 Å². The highest BCUT2D eigenvalue weighted by Crippen LogP contribution is 2.18. The fourth-order valence-corrected chi connectivity index (χ4v) is 1.92. The number of aliphatic imine (C=N–C) groups is 1. The number of nitrogens with one attached hydrogen (secondary N) is 2. The van der Waals surface area contributed by atoms with Gasteiger partial charge in [0, 0.05) is 31.4 Å². The summed E-state index contributed by atoms with van der Waals surface area (Å²) in [5, 5.41) is 11.0. The third-order valence-corrected chi connectivity index (χ3v) is 3.09. The second-order valence-corrected chi connectivity index (χ2v) is 4.54. The maximum atomic E-state index is 4.31. The lowest BCUT2D eigenvalue weighted by Gasteiger charge is -2.10. The van der Waals surface area contributed by atoms with E-state index in [1.807, 2.05) is 29.0 Å². The first kappa shape index (κ1) is 11.1. The van der Waals surface area contributed by atoms with Crippen LogP contribution < -0.4 is 10.6 Å². The molecule has 0 atom stereocenters. The topological polar surface area (TPSA) is 53.7 Å². The van der Waals surface area contributed by atoms with Crippen LogP contribution in [0.1, 0.15) is 18.4 Å². The Morgan fingerprint density at radius 2 is 2.39 bits per heavy atom. The lowest BCUT2D eigenvalue weighted by atomic mass is 10.2. The van der Waals surface area contributed by atoms with Gasteiger partial charge in [-0.25, -0.2) is 4.52 Å². The molecule has 2 aromatic heterocycles. The highest BCUT2D eigenvalue weighted by Gasteiger charge is 2.22. The molecule has 1 aliphatic rings. The third-order valence-electron chi connectivity index (χ3n) is 3.09. The van der Waals surface area contributed by atoms with E-state index in [0.717, 1.165) is 18.0 Å². The van der Waals surface area contributed by atoms with Gasteiger partial charge in [0.05, 0.1) is 11.7 Å². The normalized spacial score (nSPS) is 15.9. The van der Waals surface area contributed by atoms with Gasteiger partial charge in [-0.05, 0) is 25.0 Å². The van der Waals surface area contributed by atoms with Gasteiger partial charge in [0.2, 0.25) is 0 Å². The minimum atomic E-state index is 0.611. The third kappa shape index (κ3) is 2.30. The molecule has 0 amide bonds. The molecule has 0 aliphatic heterocycles. The number of aromatic nitrogens is 2. The standard InChI is InChI=1S/C13H17N5/c1-14-13(17-11-5-6-11)15-8-10-9-16-18-7-3-2-4-12(10)18/h2-4,7,9,11H,5-6,8H2,1H3,(H2,14,15,17). The molecule has 2 N–H and O–H groups in total. The fourth-order valence-electron chi connectivity index (χ4n) is 1.92. The Bertz CT molecular complexity index is 568. The van der Waals surface area contributed by atoms with Crippen LogP contribution in [-0.4, -0.2) is 28.7 Å². The number of nitrogens with zero attached hydrogens (tertiary/aromatic N) is 3. The largest absolute Gasteiger partial charge is 0.354 e. The molecule has 1 aliphatic carbocycles. The molecule has 5 nitrogen and oxygen atoms in total. The minimum absolute atomic E-state index is 0.611. The lowest BCUT2D eigenvalue weighted by molar-refractivity contribution is 0.808. The summed E-state index contributed by atoms with van der Waals surface area (Å²) >= 11 is 0. The van der Waals surface area contributed by atoms with E-state index in [1.165, 1.54) is 18.4 Å². The summed E-state index contributed by atoms with van der Waals surface area (Å²) < 4.78 is 1.88. The van der Waals surface area contributed by atoms with Crippen molar-refractivity contribution in [1.29, 1.82) is 0 Å². The summed E-state index contributed by atoms with van der Waals surface area (Å²) in [6.45, 7) is 0.736. The van der Waals surface area contributed by atoms with Crippen LogP contribution in [0.5, 0.6) is 0 Å². The molecular weight excluding hydrogens is 226 g/mol. The van der Waals surface area contributed by atoms with Crippen LogP contribution in [0.2, 0.25) is 0 Å². The van der Waals surface area contributed by atoms with Crippen molar-refractivity contribution in [3.63, 3.8) is 0 Å². The van der Waals surface area contributed by atoms with Crippen molar-refractivity contribution in [2.75, 3.05) is 7.05 Å². The molecule has 1 saturated carbocycles. The van der Waals surface area contributed by atoms with Gasteiger partial charge in [-0.1, -0.05) is 6.07 Å². The quantitative estimate of drug-likeness (QED) is 0.628. The number of fused-ring (bicyclic) bond motifs is 1. The minimum Gasteiger partial charge on any atom is -0.354 e. The van der Waals surface area contributed by atoms with Crippen LogP contribution in [0, 0.1) is 0 Å². The zero-order chi connectivity index (χ0) is 12.4. The number of rotatable bonds is 3. The molecule has 3 rings (SSSR count). The Morgan fingerprint density at radius 1 is 1.50 bits per heavy atom. The molecular formula is C13H17N5. The molecule has 5 heteroatoms. The lowest BCUT2D eigenvalue weighted by Crippen LogP contribution is -2.37. The second kappa shape index (κ2) is 4.68. The van der Waals surface area contributed by atoms with Crippen LogP contribution in [0.3, 0.4) is 0 Å². The van der Waals surface area contributed by atoms with E-state index in [4.69, 9.17) is 0 Å². The Labute approximate surface area is 106 Å². The van der Waals surface area contributed by atoms with Crippen LogP contribution >= 0.6 is 0 Å². The number of guanidine groups is 1. The maximum Gasteiger partial charge on any atom is 0.191 e. The number of pyridine rings is 1. The van der Waals surface area contributed by atoms with E-state index in [-0.39, 0.29) is 0 Å². The SMILES string of the molecule is CN=C(NCc1cnn2ccccc12)NC1CC1. The molecule has 0 saturated heterocycles. The smallest absolute Gasteiger partial charge is 0.191 e. The van der Waals surface area contributed by atoms with Gasteiger partial charge in [0.25, 0.3) is 0 Å². The molecule has 0 aromatic carbocycles. The van der Waals surface area contributed by atoms with Gasteiger partial charge < -0.3 is 10.6 Å². The van der Waals surface area contributed by atoms with Crippen molar-refractivity contribution < 1.29 is 0 Å². The maximum absolute atomic E-state index is 4.31. The van der Waals surface area contributed by atoms with Crippen molar-refractivity contribution in [2.45, 2.75) is 25.4 Å². The average Bonchev–Trinajstić information content (AvgIpc) is 3.13. The molecule has 0 radical (unpaired) electrons. The van der Waals surface area contributed by atoms with E-state index < -0.39 is 0 Å². The Kier molecular flexibility index (Phi) is 2.88. The van der Waals surface area contributed by atoms with Gasteiger partial charge in [-0.15, -0.1) is 0 Å². The fraction of sp³-hybridized carbons (Fsp3) is 0.385. The van der Waals surface area contributed by atoms with E-state index in [9.17, 15) is 0 Å². The summed E-state index contributed by atoms with van der Waals surface area (Å²) in [4.78, 5) is 4.21. The van der Waals surface area contributed by atoms with E-state index in [0.29, 0.717) is 6.04 Å². The first-order valence-corrected chi connectivity index (χ1v) is 6.25. The second-order valence-electron chi connectivity index (χ2n) is 4.54. The van der Waals surface area contributed by atoms with Crippen molar-refractivity contribution in [3.05, 3.63) is 36.2 Å². The molecule has 1 fully saturated rings. The molecule has 94 valence electrons. The predicted octanol–water partition coefficient (Wildman–Crippen LogP) is 1.16. The molecule has 2 heterocycles. The zero-order valence-electron chi connectivity index (χ0n) is 10.4. The first-order valence-electron chi connectivity index (χ1n) is 6.25. The Morgan fingerprint density at radius 3 is 3.17 bits per heavy atom. The highest BCUT2D eigenvalue weighted by molar-refractivity contribution is 5.80. The molecule has 0 unspecified atom stereocenters. The van der Waals surface area contributed by atoms with Gasteiger partial charge in [0.1, 0.15) is 0 Å². The predicted molar refractivity (Wildman–Crippen MR) is 71.5 cm³/mol. The molecule has 0 bridgehead atoms. The average molecular weight is 243 g/mol. The van der Waals surface area contributed by atoms with Gasteiger partial charge in [-0.2, -0.15) is 5.10 Å². The number of hydrogen-bond acceptors (Lipinski definition) is 2. The van der Waals surface area contributed by atoms with Gasteiger partial charge in [0.15, 0.2) is 5.96 Å². The Hall–Kier alpha value is -2.04. The van der Waals surface area contributed by atoms with Crippen molar-refractivity contribution >= 4 is 11.5 Å². The first-order chi connectivity index (χ1) is 8.86. The molecule has 0 spiro atoms. The van der Waals surface area contributed by atoms with Gasteiger partial charge >= 0.3 is 0 Å². The van der Waals surface area contributed by atoms with Crippen LogP contribution in [0.15, 0.2) is 35.6 Å². The summed E-state index contributed by atoms with van der Waals surface area (Å²) in [5.74, 6) is 0.868. The van der Waals surface area contributed by atoms with Gasteiger partial charge in [-0.3, -0.25) is 4.99 Å². The van der Waals surface area contributed by atoms with Crippen LogP contribution in [0.4, 0.5) is 0 Å². The summed E-state index contributed by atoms with van der Waals surface area (Å²) in [7, 11) is 1.80. The van der Waals surface area contributed by atoms with Crippen LogP contribution in [-0.2, 0) is 6.54 Å². The summed E-state index contributed by atoms with van der Waals surface area (Å²) in [6, 6.07) is 6.68. The molecule has 2 aromatic rings. The van der Waals surface area contributed by atoms with Crippen molar-refractivity contribution in [3.8, 4) is 0 Å². The number of hydrogen-bond donors (Lipinski definition) is 2. The van der Waals surface area contributed by atoms with Crippen molar-refractivity contribution in [2.24, 2.45) is 4.99 Å². The van der Waals surface area contributed by atoms with E-state index in [1.54, 1.807) is 7.05 Å². The molecule has 18 heavy (non-hydrogen) atoms. The summed E-state index contributed by atoms with van der Waals surface area (Å²) in [5.41, 5.74) is 2.31. The Balaban J connectivity index is 1.68. The van der Waals surface area contributed by atoms with Crippen LogP contribution in [0.25, 0.3) is 5.52 Å². The summed E-state index contributed by atoms with van der Waals surface area (Å²) in [6.07, 6.45) is 6.34.